The predicted molar refractivity (Wildman–Crippen MR) is 131 cm³/mol. The molecule has 0 atom stereocenters. The summed E-state index contributed by atoms with van der Waals surface area (Å²) >= 11 is 0. The molecule has 3 aromatic rings. The summed E-state index contributed by atoms with van der Waals surface area (Å²) in [7, 11) is 6.53. The van der Waals surface area contributed by atoms with Crippen LogP contribution in [0.15, 0.2) is 23.0 Å². The van der Waals surface area contributed by atoms with Gasteiger partial charge in [0.25, 0.3) is 5.56 Å². The van der Waals surface area contributed by atoms with Crippen LogP contribution >= 0.6 is 0 Å². The Kier molecular flexibility index (Phi) is 7.86. The van der Waals surface area contributed by atoms with E-state index in [9.17, 15) is 9.59 Å². The average Bonchev–Trinajstić information content (AvgIpc) is 3.27. The molecule has 1 amide bonds. The third kappa shape index (κ3) is 5.03. The molecule has 0 radical (unpaired) electrons. The Hall–Kier alpha value is -3.49. The summed E-state index contributed by atoms with van der Waals surface area (Å²) in [6, 6.07) is 5.43. The zero-order valence-corrected chi connectivity index (χ0v) is 21.0. The third-order valence-electron chi connectivity index (χ3n) is 6.03. The lowest BCUT2D eigenvalue weighted by atomic mass is 10.1. The van der Waals surface area contributed by atoms with Crippen molar-refractivity contribution in [2.75, 3.05) is 27.9 Å². The van der Waals surface area contributed by atoms with Crippen LogP contribution in [0.1, 0.15) is 37.9 Å². The third-order valence-corrected chi connectivity index (χ3v) is 6.03. The molecule has 0 spiro atoms. The number of nitrogens with zero attached hydrogens (tertiary/aromatic N) is 3. The fraction of sp³-hybridized carbons (Fsp3) is 0.480. The van der Waals surface area contributed by atoms with E-state index in [-0.39, 0.29) is 17.9 Å². The van der Waals surface area contributed by atoms with Gasteiger partial charge in [0.15, 0.2) is 11.5 Å². The molecule has 2 heterocycles. The van der Waals surface area contributed by atoms with Crippen LogP contribution in [0.2, 0.25) is 0 Å². The Balaban J connectivity index is 1.96. The number of methoxy groups -OCH3 is 3. The van der Waals surface area contributed by atoms with Gasteiger partial charge in [-0.05, 0) is 37.8 Å². The van der Waals surface area contributed by atoms with Crippen molar-refractivity contribution < 1.29 is 19.0 Å². The number of ether oxygens (including phenoxy) is 3. The highest BCUT2D eigenvalue weighted by atomic mass is 16.5. The van der Waals surface area contributed by atoms with Gasteiger partial charge in [0.05, 0.1) is 27.0 Å². The molecule has 0 aliphatic carbocycles. The van der Waals surface area contributed by atoms with Crippen molar-refractivity contribution in [3.63, 3.8) is 0 Å². The fourth-order valence-electron chi connectivity index (χ4n) is 3.90. The second-order valence-corrected chi connectivity index (χ2v) is 8.67. The molecule has 0 unspecified atom stereocenters. The molecule has 2 aromatic heterocycles. The summed E-state index contributed by atoms with van der Waals surface area (Å²) < 4.78 is 19.6. The molecular formula is C25H34N4O5. The first-order valence-corrected chi connectivity index (χ1v) is 11.4. The van der Waals surface area contributed by atoms with Crippen molar-refractivity contribution in [2.45, 2.75) is 40.0 Å². The molecule has 184 valence electrons. The minimum Gasteiger partial charge on any atom is -0.493 e. The van der Waals surface area contributed by atoms with E-state index in [0.29, 0.717) is 53.0 Å². The van der Waals surface area contributed by atoms with Crippen molar-refractivity contribution in [1.82, 2.24) is 19.5 Å². The van der Waals surface area contributed by atoms with E-state index < -0.39 is 0 Å². The predicted octanol–water partition coefficient (Wildman–Crippen LogP) is 3.13. The highest BCUT2D eigenvalue weighted by Crippen LogP contribution is 2.41. The summed E-state index contributed by atoms with van der Waals surface area (Å²) in [5, 5.41) is 7.51. The topological polar surface area (TPSA) is 96.1 Å². The molecule has 1 aromatic carbocycles. The summed E-state index contributed by atoms with van der Waals surface area (Å²) in [5.74, 6) is 1.96. The van der Waals surface area contributed by atoms with Crippen LogP contribution in [0.25, 0.3) is 16.9 Å². The molecule has 0 bridgehead atoms. The summed E-state index contributed by atoms with van der Waals surface area (Å²) in [6.07, 6.45) is 1.53. The van der Waals surface area contributed by atoms with Gasteiger partial charge in [0.1, 0.15) is 5.65 Å². The highest BCUT2D eigenvalue weighted by molar-refractivity contribution is 5.76. The maximum absolute atomic E-state index is 13.3. The smallest absolute Gasteiger partial charge is 0.277 e. The highest BCUT2D eigenvalue weighted by Gasteiger charge is 2.19. The van der Waals surface area contributed by atoms with E-state index in [2.05, 4.69) is 24.3 Å². The number of aryl methyl sites for hydroxylation is 1. The molecule has 9 nitrogen and oxygen atoms in total. The van der Waals surface area contributed by atoms with Gasteiger partial charge in [-0.3, -0.25) is 9.59 Å². The molecule has 0 fully saturated rings. The number of aromatic nitrogens is 3. The van der Waals surface area contributed by atoms with E-state index >= 15 is 0 Å². The Morgan fingerprint density at radius 1 is 1.09 bits per heavy atom. The fourth-order valence-corrected chi connectivity index (χ4v) is 3.90. The first-order valence-electron chi connectivity index (χ1n) is 11.4. The van der Waals surface area contributed by atoms with E-state index in [0.717, 1.165) is 17.7 Å². The number of hydrogen-bond acceptors (Lipinski definition) is 6. The van der Waals surface area contributed by atoms with Crippen molar-refractivity contribution in [1.29, 1.82) is 0 Å². The summed E-state index contributed by atoms with van der Waals surface area (Å²) in [5.41, 5.74) is 3.13. The summed E-state index contributed by atoms with van der Waals surface area (Å²) in [6.45, 7) is 6.76. The van der Waals surface area contributed by atoms with Gasteiger partial charge in [0, 0.05) is 42.9 Å². The molecule has 0 saturated carbocycles. The number of nitrogens with one attached hydrogen (secondary N) is 1. The van der Waals surface area contributed by atoms with Gasteiger partial charge >= 0.3 is 0 Å². The number of benzene rings is 1. The number of carbonyl (C=O) groups is 1. The van der Waals surface area contributed by atoms with E-state index in [1.807, 2.05) is 24.6 Å². The Morgan fingerprint density at radius 2 is 1.74 bits per heavy atom. The second-order valence-electron chi connectivity index (χ2n) is 8.67. The quantitative estimate of drug-likeness (QED) is 0.489. The number of fused-ring (bicyclic) bond motifs is 1. The lowest BCUT2D eigenvalue weighted by Crippen LogP contribution is -2.28. The molecule has 3 rings (SSSR count). The SMILES string of the molecule is COc1cc(-c2cc3n(C)c(C)c(CCC(=O)NCCC(C)C)c(=O)n3n2)cc(OC)c1OC. The first-order chi connectivity index (χ1) is 16.2. The number of rotatable bonds is 10. The summed E-state index contributed by atoms with van der Waals surface area (Å²) in [4.78, 5) is 25.5. The number of amides is 1. The lowest BCUT2D eigenvalue weighted by molar-refractivity contribution is -0.121. The van der Waals surface area contributed by atoms with E-state index in [4.69, 9.17) is 14.2 Å². The molecule has 9 heteroatoms. The first kappa shape index (κ1) is 25.1. The van der Waals surface area contributed by atoms with Crippen molar-refractivity contribution in [3.05, 3.63) is 39.8 Å². The molecule has 0 aliphatic heterocycles. The molecule has 34 heavy (non-hydrogen) atoms. The maximum atomic E-state index is 13.3. The Labute approximate surface area is 199 Å². The normalized spacial score (nSPS) is 11.2. The van der Waals surface area contributed by atoms with E-state index in [1.54, 1.807) is 33.5 Å². The van der Waals surface area contributed by atoms with E-state index in [1.165, 1.54) is 4.52 Å². The monoisotopic (exact) mass is 470 g/mol. The van der Waals surface area contributed by atoms with Gasteiger partial charge < -0.3 is 24.1 Å². The Bertz CT molecular complexity index is 1220. The van der Waals surface area contributed by atoms with Gasteiger partial charge in [-0.1, -0.05) is 13.8 Å². The largest absolute Gasteiger partial charge is 0.493 e. The van der Waals surface area contributed by atoms with Crippen molar-refractivity contribution >= 4 is 11.6 Å². The van der Waals surface area contributed by atoms with Gasteiger partial charge in [-0.25, -0.2) is 0 Å². The maximum Gasteiger partial charge on any atom is 0.277 e. The van der Waals surface area contributed by atoms with Crippen LogP contribution in [0.4, 0.5) is 0 Å². The van der Waals surface area contributed by atoms with Crippen LogP contribution in [-0.4, -0.2) is 48.0 Å². The standard InChI is InChI=1S/C25H34N4O5/c1-15(2)10-11-26-22(30)9-8-18-16(3)28(4)23-14-19(27-29(23)25(18)31)17-12-20(32-5)24(34-7)21(13-17)33-6/h12-15H,8-11H2,1-7H3,(H,26,30). The minimum absolute atomic E-state index is 0.0548. The molecule has 1 N–H and O–H groups in total. The molecular weight excluding hydrogens is 436 g/mol. The van der Waals surface area contributed by atoms with Crippen LogP contribution in [0.5, 0.6) is 17.2 Å². The molecule has 0 aliphatic rings. The van der Waals surface area contributed by atoms with Crippen LogP contribution in [-0.2, 0) is 18.3 Å². The van der Waals surface area contributed by atoms with Crippen molar-refractivity contribution in [3.8, 4) is 28.5 Å². The van der Waals surface area contributed by atoms with Crippen molar-refractivity contribution in [2.24, 2.45) is 13.0 Å². The molecule has 0 saturated heterocycles. The van der Waals surface area contributed by atoms with Crippen LogP contribution in [0.3, 0.4) is 0 Å². The second kappa shape index (κ2) is 10.6. The number of carbonyl (C=O) groups excluding carboxylic acids is 1. The van der Waals surface area contributed by atoms with Gasteiger partial charge in [-0.2, -0.15) is 9.61 Å². The van der Waals surface area contributed by atoms with Gasteiger partial charge in [0.2, 0.25) is 11.7 Å². The zero-order chi connectivity index (χ0) is 25.0. The number of hydrogen-bond donors (Lipinski definition) is 1. The average molecular weight is 471 g/mol. The van der Waals surface area contributed by atoms with Crippen LogP contribution < -0.4 is 25.1 Å². The van der Waals surface area contributed by atoms with Gasteiger partial charge in [-0.15, -0.1) is 0 Å². The minimum atomic E-state index is -0.223. The Morgan fingerprint density at radius 3 is 2.29 bits per heavy atom. The van der Waals surface area contributed by atoms with Crippen LogP contribution in [0, 0.1) is 12.8 Å². The lowest BCUT2D eigenvalue weighted by Gasteiger charge is -2.13. The zero-order valence-electron chi connectivity index (χ0n) is 21.0.